The van der Waals surface area contributed by atoms with E-state index >= 15 is 0 Å². The van der Waals surface area contributed by atoms with E-state index in [-0.39, 0.29) is 5.54 Å². The first-order valence-corrected chi connectivity index (χ1v) is 7.82. The number of benzene rings is 1. The standard InChI is InChI=1S/C17H26ClN/c1-12(2)16-9-4-13(3)10-17(16,19)11-14-5-7-15(18)8-6-14/h5-8,12-13,16H,4,9-11,19H2,1-3H3. The average Bonchev–Trinajstić information content (AvgIpc) is 2.31. The van der Waals surface area contributed by atoms with Crippen LogP contribution in [0.3, 0.4) is 0 Å². The highest BCUT2D eigenvalue weighted by Gasteiger charge is 2.40. The third-order valence-electron chi connectivity index (χ3n) is 4.69. The van der Waals surface area contributed by atoms with Gasteiger partial charge in [0.25, 0.3) is 0 Å². The Balaban J connectivity index is 2.19. The van der Waals surface area contributed by atoms with Gasteiger partial charge in [0.05, 0.1) is 0 Å². The second kappa shape index (κ2) is 5.85. The van der Waals surface area contributed by atoms with Crippen LogP contribution in [0.4, 0.5) is 0 Å². The first-order chi connectivity index (χ1) is 8.90. The van der Waals surface area contributed by atoms with Crippen molar-refractivity contribution in [3.8, 4) is 0 Å². The summed E-state index contributed by atoms with van der Waals surface area (Å²) in [6, 6.07) is 8.18. The normalized spacial score (nSPS) is 31.7. The van der Waals surface area contributed by atoms with Crippen molar-refractivity contribution < 1.29 is 0 Å². The fourth-order valence-corrected chi connectivity index (χ4v) is 3.96. The molecule has 2 N–H and O–H groups in total. The smallest absolute Gasteiger partial charge is 0.0406 e. The first-order valence-electron chi connectivity index (χ1n) is 7.44. The molecule has 0 aromatic heterocycles. The Kier molecular flexibility index (Phi) is 4.58. The van der Waals surface area contributed by atoms with Gasteiger partial charge >= 0.3 is 0 Å². The molecule has 0 heterocycles. The summed E-state index contributed by atoms with van der Waals surface area (Å²) in [5.41, 5.74) is 8.09. The highest BCUT2D eigenvalue weighted by molar-refractivity contribution is 6.30. The molecule has 1 nitrogen and oxygen atoms in total. The molecule has 106 valence electrons. The first kappa shape index (κ1) is 14.9. The maximum absolute atomic E-state index is 6.83. The zero-order valence-corrected chi connectivity index (χ0v) is 13.1. The Morgan fingerprint density at radius 1 is 1.26 bits per heavy atom. The predicted molar refractivity (Wildman–Crippen MR) is 83.4 cm³/mol. The Morgan fingerprint density at radius 2 is 1.89 bits per heavy atom. The summed E-state index contributed by atoms with van der Waals surface area (Å²) in [5.74, 6) is 2.02. The number of halogens is 1. The van der Waals surface area contributed by atoms with Gasteiger partial charge in [0, 0.05) is 10.6 Å². The minimum absolute atomic E-state index is 0.0559. The van der Waals surface area contributed by atoms with Crippen LogP contribution in [0.5, 0.6) is 0 Å². The van der Waals surface area contributed by atoms with Crippen molar-refractivity contribution in [1.29, 1.82) is 0 Å². The molecule has 0 aliphatic heterocycles. The maximum atomic E-state index is 6.83. The molecule has 2 heteroatoms. The topological polar surface area (TPSA) is 26.0 Å². The van der Waals surface area contributed by atoms with Gasteiger partial charge in [0.2, 0.25) is 0 Å². The zero-order chi connectivity index (χ0) is 14.0. The van der Waals surface area contributed by atoms with E-state index in [9.17, 15) is 0 Å². The molecule has 0 amide bonds. The third kappa shape index (κ3) is 3.52. The zero-order valence-electron chi connectivity index (χ0n) is 12.3. The highest BCUT2D eigenvalue weighted by Crippen LogP contribution is 2.41. The Hall–Kier alpha value is -0.530. The van der Waals surface area contributed by atoms with Gasteiger partial charge in [-0.1, -0.05) is 50.9 Å². The molecule has 1 saturated carbocycles. The van der Waals surface area contributed by atoms with Gasteiger partial charge in [-0.05, 0) is 54.7 Å². The van der Waals surface area contributed by atoms with Crippen molar-refractivity contribution >= 4 is 11.6 Å². The molecule has 1 aliphatic carbocycles. The number of hydrogen-bond acceptors (Lipinski definition) is 1. The van der Waals surface area contributed by atoms with E-state index in [4.69, 9.17) is 17.3 Å². The van der Waals surface area contributed by atoms with Crippen LogP contribution < -0.4 is 5.73 Å². The van der Waals surface area contributed by atoms with Crippen LogP contribution in [0, 0.1) is 17.8 Å². The molecule has 3 unspecified atom stereocenters. The van der Waals surface area contributed by atoms with E-state index in [1.807, 2.05) is 12.1 Å². The second-order valence-electron chi connectivity index (χ2n) is 6.77. The molecule has 2 rings (SSSR count). The molecule has 19 heavy (non-hydrogen) atoms. The summed E-state index contributed by atoms with van der Waals surface area (Å²) >= 11 is 5.96. The fraction of sp³-hybridized carbons (Fsp3) is 0.647. The van der Waals surface area contributed by atoms with Crippen molar-refractivity contribution in [3.05, 3.63) is 34.9 Å². The molecular weight excluding hydrogens is 254 g/mol. The molecule has 0 radical (unpaired) electrons. The lowest BCUT2D eigenvalue weighted by molar-refractivity contribution is 0.109. The fourth-order valence-electron chi connectivity index (χ4n) is 3.84. The van der Waals surface area contributed by atoms with E-state index in [2.05, 4.69) is 32.9 Å². The van der Waals surface area contributed by atoms with Gasteiger partial charge in [0.15, 0.2) is 0 Å². The number of hydrogen-bond donors (Lipinski definition) is 1. The molecule has 1 aliphatic rings. The minimum atomic E-state index is -0.0559. The maximum Gasteiger partial charge on any atom is 0.0406 e. The lowest BCUT2D eigenvalue weighted by Gasteiger charge is -2.46. The van der Waals surface area contributed by atoms with Crippen LogP contribution in [0.2, 0.25) is 5.02 Å². The van der Waals surface area contributed by atoms with Gasteiger partial charge in [-0.25, -0.2) is 0 Å². The molecule has 1 aromatic rings. The second-order valence-corrected chi connectivity index (χ2v) is 7.21. The molecular formula is C17H26ClN. The van der Waals surface area contributed by atoms with Gasteiger partial charge in [-0.15, -0.1) is 0 Å². The lowest BCUT2D eigenvalue weighted by atomic mass is 9.63. The Labute approximate surface area is 122 Å². The van der Waals surface area contributed by atoms with Gasteiger partial charge in [0.1, 0.15) is 0 Å². The molecule has 0 saturated heterocycles. The van der Waals surface area contributed by atoms with Crippen molar-refractivity contribution in [2.45, 2.75) is 52.0 Å². The largest absolute Gasteiger partial charge is 0.325 e. The van der Waals surface area contributed by atoms with Crippen LogP contribution in [0.15, 0.2) is 24.3 Å². The average molecular weight is 280 g/mol. The molecule has 0 bridgehead atoms. The summed E-state index contributed by atoms with van der Waals surface area (Å²) in [6.45, 7) is 6.95. The van der Waals surface area contributed by atoms with Gasteiger partial charge in [-0.2, -0.15) is 0 Å². The van der Waals surface area contributed by atoms with E-state index < -0.39 is 0 Å². The van der Waals surface area contributed by atoms with Crippen LogP contribution in [-0.4, -0.2) is 5.54 Å². The van der Waals surface area contributed by atoms with Crippen molar-refractivity contribution in [2.75, 3.05) is 0 Å². The van der Waals surface area contributed by atoms with E-state index in [1.165, 1.54) is 18.4 Å². The van der Waals surface area contributed by atoms with Crippen molar-refractivity contribution in [1.82, 2.24) is 0 Å². The van der Waals surface area contributed by atoms with Crippen molar-refractivity contribution in [2.24, 2.45) is 23.5 Å². The van der Waals surface area contributed by atoms with Crippen LogP contribution in [0.25, 0.3) is 0 Å². The van der Waals surface area contributed by atoms with E-state index in [0.29, 0.717) is 11.8 Å². The molecule has 1 aromatic carbocycles. The summed E-state index contributed by atoms with van der Waals surface area (Å²) < 4.78 is 0. The van der Waals surface area contributed by atoms with E-state index in [0.717, 1.165) is 23.8 Å². The summed E-state index contributed by atoms with van der Waals surface area (Å²) in [5, 5.41) is 0.798. The predicted octanol–water partition coefficient (Wildman–Crippen LogP) is 4.67. The van der Waals surface area contributed by atoms with Crippen LogP contribution in [0.1, 0.15) is 45.6 Å². The summed E-state index contributed by atoms with van der Waals surface area (Å²) in [4.78, 5) is 0. The number of nitrogens with two attached hydrogens (primary N) is 1. The lowest BCUT2D eigenvalue weighted by Crippen LogP contribution is -2.54. The minimum Gasteiger partial charge on any atom is -0.325 e. The van der Waals surface area contributed by atoms with Crippen LogP contribution in [-0.2, 0) is 6.42 Å². The van der Waals surface area contributed by atoms with Gasteiger partial charge < -0.3 is 5.73 Å². The molecule has 0 spiro atoms. The Morgan fingerprint density at radius 3 is 2.47 bits per heavy atom. The van der Waals surface area contributed by atoms with Crippen LogP contribution >= 0.6 is 11.6 Å². The highest BCUT2D eigenvalue weighted by atomic mass is 35.5. The summed E-state index contributed by atoms with van der Waals surface area (Å²) in [6.07, 6.45) is 4.70. The quantitative estimate of drug-likeness (QED) is 0.855. The number of rotatable bonds is 3. The Bertz CT molecular complexity index is 412. The van der Waals surface area contributed by atoms with Gasteiger partial charge in [-0.3, -0.25) is 0 Å². The summed E-state index contributed by atoms with van der Waals surface area (Å²) in [7, 11) is 0. The SMILES string of the molecule is CC1CCC(C(C)C)C(N)(Cc2ccc(Cl)cc2)C1. The monoisotopic (exact) mass is 279 g/mol. The third-order valence-corrected chi connectivity index (χ3v) is 4.94. The molecule has 1 fully saturated rings. The molecule has 3 atom stereocenters. The van der Waals surface area contributed by atoms with Crippen molar-refractivity contribution in [3.63, 3.8) is 0 Å². The van der Waals surface area contributed by atoms with E-state index in [1.54, 1.807) is 0 Å².